The fourth-order valence-corrected chi connectivity index (χ4v) is 0.849. The first-order valence-electron chi connectivity index (χ1n) is 2.74. The van der Waals surface area contributed by atoms with Crippen molar-refractivity contribution >= 4 is 5.97 Å². The summed E-state index contributed by atoms with van der Waals surface area (Å²) >= 11 is 0. The molecule has 48 valence electrons. The van der Waals surface area contributed by atoms with Gasteiger partial charge in [-0.2, -0.15) is 5.26 Å². The number of hydrogen-bond acceptors (Lipinski definition) is 2. The smallest absolute Gasteiger partial charge is 0.308 e. The lowest BCUT2D eigenvalue weighted by atomic mass is 10.1. The molecule has 0 spiro atoms. The van der Waals surface area contributed by atoms with Gasteiger partial charge in [0.25, 0.3) is 0 Å². The quantitative estimate of drug-likeness (QED) is 0.558. The normalized spacial score (nSPS) is 39.3. The first kappa shape index (κ1) is 6.09. The number of carboxylic acids is 1. The van der Waals surface area contributed by atoms with Gasteiger partial charge in [-0.1, -0.05) is 0 Å². The minimum atomic E-state index is -0.848. The summed E-state index contributed by atoms with van der Waals surface area (Å²) in [4.78, 5) is 10.2. The number of nitriles is 1. The van der Waals surface area contributed by atoms with Crippen LogP contribution in [0.1, 0.15) is 13.3 Å². The van der Waals surface area contributed by atoms with Gasteiger partial charge in [-0.15, -0.1) is 0 Å². The van der Waals surface area contributed by atoms with Gasteiger partial charge < -0.3 is 5.11 Å². The number of rotatable bonds is 1. The van der Waals surface area contributed by atoms with Gasteiger partial charge in [0, 0.05) is 0 Å². The Balaban J connectivity index is 2.61. The van der Waals surface area contributed by atoms with E-state index in [1.165, 1.54) is 0 Å². The molecule has 0 saturated heterocycles. The zero-order chi connectivity index (χ0) is 7.07. The van der Waals surface area contributed by atoms with Crippen LogP contribution in [0.5, 0.6) is 0 Å². The Labute approximate surface area is 52.9 Å². The van der Waals surface area contributed by atoms with Crippen molar-refractivity contribution < 1.29 is 9.90 Å². The summed E-state index contributed by atoms with van der Waals surface area (Å²) in [5.41, 5.74) is -0.564. The van der Waals surface area contributed by atoms with E-state index in [2.05, 4.69) is 0 Å². The Kier molecular flexibility index (Phi) is 0.995. The van der Waals surface area contributed by atoms with Crippen LogP contribution in [0.15, 0.2) is 0 Å². The van der Waals surface area contributed by atoms with Crippen molar-refractivity contribution in [2.24, 2.45) is 11.3 Å². The van der Waals surface area contributed by atoms with Crippen molar-refractivity contribution in [1.29, 1.82) is 5.26 Å². The van der Waals surface area contributed by atoms with E-state index < -0.39 is 17.3 Å². The lowest BCUT2D eigenvalue weighted by molar-refractivity contribution is -0.139. The Bertz CT molecular complexity index is 194. The average molecular weight is 125 g/mol. The van der Waals surface area contributed by atoms with Crippen LogP contribution in [0, 0.1) is 22.7 Å². The molecule has 1 aliphatic rings. The van der Waals surface area contributed by atoms with Crippen LogP contribution in [-0.4, -0.2) is 11.1 Å². The standard InChI is InChI=1S/C6H7NO2/c1-6(3-7)2-4(6)5(8)9/h4H,2H2,1H3,(H,8,9)/t4-,6-/m1/s1. The Hall–Kier alpha value is -1.04. The van der Waals surface area contributed by atoms with Crippen molar-refractivity contribution in [1.82, 2.24) is 0 Å². The number of carbonyl (C=O) groups is 1. The van der Waals surface area contributed by atoms with Crippen LogP contribution in [0.4, 0.5) is 0 Å². The van der Waals surface area contributed by atoms with E-state index in [9.17, 15) is 4.79 Å². The predicted molar refractivity (Wildman–Crippen MR) is 29.5 cm³/mol. The molecule has 1 N–H and O–H groups in total. The van der Waals surface area contributed by atoms with Gasteiger partial charge in [-0.25, -0.2) is 0 Å². The van der Waals surface area contributed by atoms with Gasteiger partial charge in [0.2, 0.25) is 0 Å². The molecule has 0 aliphatic heterocycles. The van der Waals surface area contributed by atoms with E-state index in [1.807, 2.05) is 6.07 Å². The van der Waals surface area contributed by atoms with Gasteiger partial charge in [0.1, 0.15) is 0 Å². The molecule has 1 rings (SSSR count). The molecular weight excluding hydrogens is 118 g/mol. The van der Waals surface area contributed by atoms with Gasteiger partial charge in [-0.3, -0.25) is 4.79 Å². The Morgan fingerprint density at radius 1 is 2.00 bits per heavy atom. The molecule has 0 aromatic carbocycles. The lowest BCUT2D eigenvalue weighted by Gasteiger charge is -1.91. The molecule has 0 heterocycles. The highest BCUT2D eigenvalue weighted by Gasteiger charge is 2.55. The number of carboxylic acid groups (broad SMARTS) is 1. The predicted octanol–water partition coefficient (Wildman–Crippen LogP) is 0.621. The summed E-state index contributed by atoms with van der Waals surface area (Å²) in [5, 5.41) is 16.7. The molecule has 3 heteroatoms. The summed E-state index contributed by atoms with van der Waals surface area (Å²) < 4.78 is 0. The van der Waals surface area contributed by atoms with E-state index in [-0.39, 0.29) is 0 Å². The van der Waals surface area contributed by atoms with E-state index in [4.69, 9.17) is 10.4 Å². The first-order valence-corrected chi connectivity index (χ1v) is 2.74. The summed E-state index contributed by atoms with van der Waals surface area (Å²) in [6.07, 6.45) is 0.513. The van der Waals surface area contributed by atoms with Crippen molar-refractivity contribution in [3.05, 3.63) is 0 Å². The zero-order valence-corrected chi connectivity index (χ0v) is 5.09. The maximum Gasteiger partial charge on any atom is 0.308 e. The van der Waals surface area contributed by atoms with Gasteiger partial charge in [0.05, 0.1) is 17.4 Å². The third-order valence-corrected chi connectivity index (χ3v) is 1.79. The van der Waals surface area contributed by atoms with Crippen LogP contribution in [0.25, 0.3) is 0 Å². The van der Waals surface area contributed by atoms with Gasteiger partial charge in [0.15, 0.2) is 0 Å². The minimum Gasteiger partial charge on any atom is -0.481 e. The van der Waals surface area contributed by atoms with Crippen LogP contribution in [0.2, 0.25) is 0 Å². The maximum absolute atomic E-state index is 10.2. The second kappa shape index (κ2) is 1.47. The number of nitrogens with zero attached hydrogens (tertiary/aromatic N) is 1. The van der Waals surface area contributed by atoms with E-state index in [1.54, 1.807) is 6.92 Å². The molecule has 9 heavy (non-hydrogen) atoms. The zero-order valence-electron chi connectivity index (χ0n) is 5.09. The molecule has 0 aromatic heterocycles. The van der Waals surface area contributed by atoms with Crippen molar-refractivity contribution in [2.75, 3.05) is 0 Å². The van der Waals surface area contributed by atoms with Gasteiger partial charge in [-0.05, 0) is 13.3 Å². The maximum atomic E-state index is 10.2. The molecule has 3 nitrogen and oxygen atoms in total. The van der Waals surface area contributed by atoms with Crippen molar-refractivity contribution in [3.63, 3.8) is 0 Å². The van der Waals surface area contributed by atoms with Crippen LogP contribution in [0.3, 0.4) is 0 Å². The monoisotopic (exact) mass is 125 g/mol. The van der Waals surface area contributed by atoms with E-state index >= 15 is 0 Å². The molecule has 0 radical (unpaired) electrons. The summed E-state index contributed by atoms with van der Waals surface area (Å²) in [6, 6.07) is 1.97. The molecule has 1 aliphatic carbocycles. The molecule has 1 fully saturated rings. The Morgan fingerprint density at radius 3 is 2.67 bits per heavy atom. The SMILES string of the molecule is C[C@]1(C#N)C[C@@H]1C(=O)O. The number of aliphatic carboxylic acids is 1. The summed E-state index contributed by atoms with van der Waals surface area (Å²) in [7, 11) is 0. The molecule has 0 bridgehead atoms. The third kappa shape index (κ3) is 0.765. The average Bonchev–Trinajstić information content (AvgIpc) is 2.44. The number of hydrogen-bond donors (Lipinski definition) is 1. The molecule has 0 amide bonds. The molecule has 2 atom stereocenters. The van der Waals surface area contributed by atoms with E-state index in [0.717, 1.165) is 0 Å². The molecular formula is C6H7NO2. The van der Waals surface area contributed by atoms with Crippen LogP contribution < -0.4 is 0 Å². The summed E-state index contributed by atoms with van der Waals surface area (Å²) in [5.74, 6) is -1.26. The highest BCUT2D eigenvalue weighted by molar-refractivity contribution is 5.75. The van der Waals surface area contributed by atoms with Crippen LogP contribution in [-0.2, 0) is 4.79 Å². The fraction of sp³-hybridized carbons (Fsp3) is 0.667. The topological polar surface area (TPSA) is 61.1 Å². The molecule has 0 unspecified atom stereocenters. The van der Waals surface area contributed by atoms with Crippen LogP contribution >= 0.6 is 0 Å². The van der Waals surface area contributed by atoms with E-state index in [0.29, 0.717) is 6.42 Å². The molecule has 1 saturated carbocycles. The minimum absolute atomic E-state index is 0.414. The largest absolute Gasteiger partial charge is 0.481 e. The molecule has 0 aromatic rings. The van der Waals surface area contributed by atoms with Gasteiger partial charge >= 0.3 is 5.97 Å². The fourth-order valence-electron chi connectivity index (χ4n) is 0.849. The van der Waals surface area contributed by atoms with Crippen molar-refractivity contribution in [2.45, 2.75) is 13.3 Å². The second-order valence-electron chi connectivity index (χ2n) is 2.62. The third-order valence-electron chi connectivity index (χ3n) is 1.79. The summed E-state index contributed by atoms with van der Waals surface area (Å²) in [6.45, 7) is 1.67. The Morgan fingerprint density at radius 2 is 2.56 bits per heavy atom. The first-order chi connectivity index (χ1) is 4.10. The second-order valence-corrected chi connectivity index (χ2v) is 2.62. The highest BCUT2D eigenvalue weighted by atomic mass is 16.4. The lowest BCUT2D eigenvalue weighted by Crippen LogP contribution is -2.04. The highest BCUT2D eigenvalue weighted by Crippen LogP contribution is 2.51. The van der Waals surface area contributed by atoms with Crippen molar-refractivity contribution in [3.8, 4) is 6.07 Å².